The summed E-state index contributed by atoms with van der Waals surface area (Å²) in [6.45, 7) is 2.44. The molecule has 0 aliphatic heterocycles. The fourth-order valence-corrected chi connectivity index (χ4v) is 5.49. The summed E-state index contributed by atoms with van der Waals surface area (Å²) in [7, 11) is 0. The Balaban J connectivity index is 1.42. The molecule has 1 amide bonds. The second-order valence-electron chi connectivity index (χ2n) is 9.41. The smallest absolute Gasteiger partial charge is 0.226 e. The Morgan fingerprint density at radius 2 is 2.00 bits per heavy atom. The van der Waals surface area contributed by atoms with Crippen molar-refractivity contribution in [1.29, 1.82) is 0 Å². The van der Waals surface area contributed by atoms with Crippen LogP contribution in [0, 0.1) is 23.0 Å². The molecule has 1 N–H and O–H groups in total. The molecule has 5 rings (SSSR count). The molecule has 2 aromatic carbocycles. The van der Waals surface area contributed by atoms with Crippen molar-refractivity contribution >= 4 is 12.0 Å². The Hall–Kier alpha value is -3.32. The van der Waals surface area contributed by atoms with Gasteiger partial charge in [0.15, 0.2) is 0 Å². The van der Waals surface area contributed by atoms with Crippen molar-refractivity contribution in [2.24, 2.45) is 11.3 Å². The van der Waals surface area contributed by atoms with Gasteiger partial charge in [0.1, 0.15) is 11.6 Å². The van der Waals surface area contributed by atoms with Crippen molar-refractivity contribution in [3.63, 3.8) is 0 Å². The van der Waals surface area contributed by atoms with Crippen molar-refractivity contribution < 1.29 is 18.7 Å². The molecule has 1 heterocycles. The van der Waals surface area contributed by atoms with Crippen molar-refractivity contribution in [1.82, 2.24) is 14.7 Å². The van der Waals surface area contributed by atoms with Gasteiger partial charge >= 0.3 is 0 Å². The number of hydrogen-bond acceptors (Lipinski definition) is 3. The molecule has 176 valence electrons. The maximum Gasteiger partial charge on any atom is 0.226 e. The summed E-state index contributed by atoms with van der Waals surface area (Å²) in [5, 5.41) is 14.1. The molecule has 0 unspecified atom stereocenters. The number of carbonyl (C=O) groups excluding carboxylic acids is 1. The predicted molar refractivity (Wildman–Crippen MR) is 125 cm³/mol. The summed E-state index contributed by atoms with van der Waals surface area (Å²) < 4.78 is 28.9. The quantitative estimate of drug-likeness (QED) is 0.585. The molecule has 7 heteroatoms. The van der Waals surface area contributed by atoms with E-state index in [1.165, 1.54) is 29.8 Å². The summed E-state index contributed by atoms with van der Waals surface area (Å²) >= 11 is 0. The van der Waals surface area contributed by atoms with Crippen LogP contribution in [0.3, 0.4) is 0 Å². The van der Waals surface area contributed by atoms with Crippen molar-refractivity contribution in [2.45, 2.75) is 32.7 Å². The molecule has 0 radical (unpaired) electrons. The van der Waals surface area contributed by atoms with E-state index in [4.69, 9.17) is 0 Å². The van der Waals surface area contributed by atoms with Gasteiger partial charge in [0, 0.05) is 24.4 Å². The number of allylic oxidation sites excluding steroid dienone is 1. The highest BCUT2D eigenvalue weighted by molar-refractivity contribution is 5.82. The summed E-state index contributed by atoms with van der Waals surface area (Å²) in [6.07, 6.45) is 6.16. The Kier molecular flexibility index (Phi) is 5.81. The Morgan fingerprint density at radius 1 is 1.21 bits per heavy atom. The van der Waals surface area contributed by atoms with Crippen molar-refractivity contribution in [3.8, 4) is 5.69 Å². The number of aliphatic hydroxyl groups excluding tert-OH is 1. The van der Waals surface area contributed by atoms with Gasteiger partial charge in [0.25, 0.3) is 0 Å². The molecular weight excluding hydrogens is 436 g/mol. The van der Waals surface area contributed by atoms with Gasteiger partial charge in [-0.3, -0.25) is 4.79 Å². The Bertz CT molecular complexity index is 1250. The monoisotopic (exact) mass is 463 g/mol. The van der Waals surface area contributed by atoms with Gasteiger partial charge in [-0.25, -0.2) is 13.5 Å². The summed E-state index contributed by atoms with van der Waals surface area (Å²) in [4.78, 5) is 15.3. The molecule has 2 aliphatic carbocycles. The maximum absolute atomic E-state index is 13.7. The first kappa shape index (κ1) is 22.5. The zero-order chi connectivity index (χ0) is 23.9. The molecular formula is C27H27F2N3O2. The standard InChI is InChI=1S/C27H27F2N3O2/c1-27-15-19-16-30-32(23-8-6-21(28)7-9-23)25(19)14-20(27)5-10-24(27)26(34)31(11-12-33)17-18-3-2-4-22(29)13-18/h2-4,6-9,13-14,16,24,33H,5,10-12,15,17H2,1H3/t24-,27+/m1/s1. The molecule has 2 aliphatic rings. The van der Waals surface area contributed by atoms with Gasteiger partial charge < -0.3 is 10.0 Å². The number of hydrogen-bond donors (Lipinski definition) is 1. The molecule has 0 spiro atoms. The largest absolute Gasteiger partial charge is 0.395 e. The number of rotatable bonds is 6. The van der Waals surface area contributed by atoms with Crippen LogP contribution >= 0.6 is 0 Å². The predicted octanol–water partition coefficient (Wildman–Crippen LogP) is 4.53. The van der Waals surface area contributed by atoms with Crippen LogP contribution in [0.5, 0.6) is 0 Å². The lowest BCUT2D eigenvalue weighted by molar-refractivity contribution is -0.139. The van der Waals surface area contributed by atoms with Crippen LogP contribution in [-0.4, -0.2) is 38.8 Å². The van der Waals surface area contributed by atoms with E-state index in [1.807, 2.05) is 10.9 Å². The minimum absolute atomic E-state index is 0.0152. The van der Waals surface area contributed by atoms with E-state index in [-0.39, 0.29) is 48.6 Å². The van der Waals surface area contributed by atoms with Gasteiger partial charge in [-0.15, -0.1) is 0 Å². The fraction of sp³-hybridized carbons (Fsp3) is 0.333. The second-order valence-corrected chi connectivity index (χ2v) is 9.41. The van der Waals surface area contributed by atoms with E-state index in [9.17, 15) is 18.7 Å². The molecule has 1 aromatic heterocycles. The number of nitrogens with zero attached hydrogens (tertiary/aromatic N) is 3. The highest BCUT2D eigenvalue weighted by Gasteiger charge is 2.49. The van der Waals surface area contributed by atoms with Crippen molar-refractivity contribution in [3.05, 3.63) is 88.8 Å². The van der Waals surface area contributed by atoms with E-state index < -0.39 is 0 Å². The van der Waals surface area contributed by atoms with Crippen LogP contribution in [0.2, 0.25) is 0 Å². The molecule has 1 saturated carbocycles. The minimum atomic E-state index is -0.351. The fourth-order valence-electron chi connectivity index (χ4n) is 5.49. The zero-order valence-electron chi connectivity index (χ0n) is 19.0. The van der Waals surface area contributed by atoms with E-state index >= 15 is 0 Å². The molecule has 3 aromatic rings. The summed E-state index contributed by atoms with van der Waals surface area (Å²) in [6, 6.07) is 12.5. The third kappa shape index (κ3) is 3.94. The van der Waals surface area contributed by atoms with Gasteiger partial charge in [-0.1, -0.05) is 24.6 Å². The number of aromatic nitrogens is 2. The first-order chi connectivity index (χ1) is 16.4. The third-order valence-electron chi connectivity index (χ3n) is 7.27. The van der Waals surface area contributed by atoms with Gasteiger partial charge in [0.05, 0.1) is 24.2 Å². The van der Waals surface area contributed by atoms with E-state index in [0.717, 1.165) is 29.8 Å². The highest BCUT2D eigenvalue weighted by atomic mass is 19.1. The van der Waals surface area contributed by atoms with Crippen LogP contribution in [0.1, 0.15) is 36.6 Å². The first-order valence-electron chi connectivity index (χ1n) is 11.6. The van der Waals surface area contributed by atoms with Gasteiger partial charge in [0.2, 0.25) is 5.91 Å². The molecule has 1 fully saturated rings. The average Bonchev–Trinajstić information content (AvgIpc) is 3.36. The van der Waals surface area contributed by atoms with E-state index in [2.05, 4.69) is 18.1 Å². The minimum Gasteiger partial charge on any atom is -0.395 e. The maximum atomic E-state index is 13.7. The molecule has 34 heavy (non-hydrogen) atoms. The normalized spacial score (nSPS) is 21.1. The zero-order valence-corrected chi connectivity index (χ0v) is 19.0. The van der Waals surface area contributed by atoms with Crippen LogP contribution in [0.15, 0.2) is 60.3 Å². The van der Waals surface area contributed by atoms with Crippen LogP contribution in [0.4, 0.5) is 8.78 Å². The summed E-state index contributed by atoms with van der Waals surface area (Å²) in [5.74, 6) is -0.886. The topological polar surface area (TPSA) is 58.4 Å². The lowest BCUT2D eigenvalue weighted by Crippen LogP contribution is -2.43. The number of benzene rings is 2. The molecule has 5 nitrogen and oxygen atoms in total. The number of amides is 1. The Morgan fingerprint density at radius 3 is 2.74 bits per heavy atom. The van der Waals surface area contributed by atoms with Crippen molar-refractivity contribution in [2.75, 3.05) is 13.2 Å². The molecule has 0 bridgehead atoms. The Labute approximate surface area is 197 Å². The van der Waals surface area contributed by atoms with Crippen LogP contribution < -0.4 is 0 Å². The number of carbonyl (C=O) groups is 1. The van der Waals surface area contributed by atoms with Gasteiger partial charge in [-0.2, -0.15) is 5.10 Å². The first-order valence-corrected chi connectivity index (χ1v) is 11.6. The lowest BCUT2D eigenvalue weighted by atomic mass is 9.69. The van der Waals surface area contributed by atoms with Gasteiger partial charge in [-0.05, 0) is 72.9 Å². The average molecular weight is 464 g/mol. The molecule has 2 atom stereocenters. The summed E-state index contributed by atoms with van der Waals surface area (Å²) in [5.41, 5.74) is 4.37. The highest BCUT2D eigenvalue weighted by Crippen LogP contribution is 2.53. The number of halogens is 2. The third-order valence-corrected chi connectivity index (χ3v) is 7.27. The van der Waals surface area contributed by atoms with E-state index in [0.29, 0.717) is 12.0 Å². The van der Waals surface area contributed by atoms with E-state index in [1.54, 1.807) is 29.2 Å². The SMILES string of the molecule is C[C@]12Cc3cnn(-c4ccc(F)cc4)c3C=C1CC[C@@H]2C(=O)N(CCO)Cc1cccc(F)c1. The van der Waals surface area contributed by atoms with Crippen LogP contribution in [-0.2, 0) is 17.8 Å². The lowest BCUT2D eigenvalue weighted by Gasteiger charge is -2.37. The molecule has 0 saturated heterocycles. The number of fused-ring (bicyclic) bond motifs is 2. The van der Waals surface area contributed by atoms with Crippen LogP contribution in [0.25, 0.3) is 11.8 Å². The second kappa shape index (κ2) is 8.80. The number of aliphatic hydroxyl groups is 1.